The molecular weight excluding hydrogens is 1460 g/mol. The summed E-state index contributed by atoms with van der Waals surface area (Å²) in [7, 11) is 1.48. The van der Waals surface area contributed by atoms with Crippen LogP contribution in [-0.2, 0) is 59.1 Å². The molecule has 8 heterocycles. The molecule has 0 saturated carbocycles. The van der Waals surface area contributed by atoms with Gasteiger partial charge < -0.3 is 128 Å². The Morgan fingerprint density at radius 1 is 0.731 bits per heavy atom. The van der Waals surface area contributed by atoms with Crippen LogP contribution in [0.3, 0.4) is 0 Å². The molecule has 7 aliphatic heterocycles. The first-order valence-corrected chi connectivity index (χ1v) is 34.9. The molecule has 0 unspecified atom stereocenters. The normalized spacial score (nSPS) is 28.2. The van der Waals surface area contributed by atoms with Crippen molar-refractivity contribution >= 4 is 70.5 Å². The number of hydrogen-bond donors (Lipinski definition) is 19. The van der Waals surface area contributed by atoms with Crippen LogP contribution in [0, 0.1) is 5.92 Å². The summed E-state index contributed by atoms with van der Waals surface area (Å²) < 4.78 is 38.6. The maximum Gasteiger partial charge on any atom is 0.248 e. The highest BCUT2D eigenvalue weighted by Crippen LogP contribution is 2.50. The van der Waals surface area contributed by atoms with Crippen LogP contribution in [-0.4, -0.2) is 191 Å². The third-order valence-corrected chi connectivity index (χ3v) is 19.6. The number of halogens is 2. The molecule has 108 heavy (non-hydrogen) atoms. The monoisotopic (exact) mass is 1540 g/mol. The Hall–Kier alpha value is -10.0. The lowest BCUT2D eigenvalue weighted by atomic mass is 9.86. The maximum absolute atomic E-state index is 16.2. The number of phenolic OH excluding ortho intramolecular Hbond substituents is 3. The summed E-state index contributed by atoms with van der Waals surface area (Å²) in [6, 6.07) is 3.46. The molecule has 2 fully saturated rings. The van der Waals surface area contributed by atoms with Gasteiger partial charge in [-0.1, -0.05) is 61.3 Å². The second kappa shape index (κ2) is 32.8. The lowest BCUT2D eigenvalue weighted by Crippen LogP contribution is -2.64. The number of likely N-dealkylation sites (N-methyl/N-ethyl adjacent to an activating group) is 1. The molecule has 18 atom stereocenters. The second-order valence-corrected chi connectivity index (χ2v) is 28.3. The number of aromatic nitrogens is 1. The van der Waals surface area contributed by atoms with Crippen molar-refractivity contribution in [3.05, 3.63) is 147 Å². The van der Waals surface area contributed by atoms with Crippen molar-refractivity contribution in [1.82, 2.24) is 47.5 Å². The van der Waals surface area contributed by atoms with E-state index in [9.17, 15) is 65.1 Å². The number of fused-ring (bicyclic) bond motifs is 15. The standard InChI is InChI=1S/C72H81Cl2N11O23/c1-28(2)15-40(77-5)64(96)84-55-57(91)32-9-12-44(38(73)17-32)104-46-19-34-20-47(61(46)108-71-62(60(94)59(93)48(27-86)106-71)107-50-24-72(4,76)63(95)29(3)103-50)105-45-13-10-33(18-39(45)74)58(92)56-70(102)83-54(66(98)79-26-30-7-6-14-78-25-30)37-21-35(87)22-43(89)51(37)36-16-31(8-11-42(36)88)52(67(99)85-56)82-68(100)53(34)81-65(97)41(23-49(75)90)80-69(55)101/h6-14,16-22,25,28-29,40-41,48,50,52-60,62-63,71,77,86-89,91-95H,15,23-24,26-27,76H2,1-5H3,(H2,75,90)(H,79,98)(H,80,101)(H,81,97)(H,82,100)(H,83,102)(H,84,96)(H,85,99)/t29-,40+,41-,48-,50-,52+,53+,54-,55+,56-,57+,58+,59-,60+,62-,63+,71+,72-/m1/s1. The predicted molar refractivity (Wildman–Crippen MR) is 378 cm³/mol. The van der Waals surface area contributed by atoms with E-state index in [1.807, 2.05) is 13.8 Å². The van der Waals surface area contributed by atoms with Crippen LogP contribution in [0.5, 0.6) is 46.0 Å². The summed E-state index contributed by atoms with van der Waals surface area (Å²) in [5.41, 5.74) is 9.00. The molecule has 34 nitrogen and oxygen atoms in total. The summed E-state index contributed by atoms with van der Waals surface area (Å²) in [6.07, 6.45) is -15.6. The van der Waals surface area contributed by atoms with Gasteiger partial charge in [0.15, 0.2) is 23.9 Å². The van der Waals surface area contributed by atoms with Crippen molar-refractivity contribution in [2.24, 2.45) is 17.4 Å². The Kier molecular flexibility index (Phi) is 24.0. The van der Waals surface area contributed by atoms with Gasteiger partial charge in [-0.25, -0.2) is 0 Å². The Morgan fingerprint density at radius 2 is 1.37 bits per heavy atom. The van der Waals surface area contributed by atoms with Gasteiger partial charge in [-0.15, -0.1) is 0 Å². The average molecular weight is 1540 g/mol. The third kappa shape index (κ3) is 17.1. The summed E-state index contributed by atoms with van der Waals surface area (Å²) in [5.74, 6) is -14.7. The predicted octanol–water partition coefficient (Wildman–Crippen LogP) is 0.733. The molecule has 5 aromatic carbocycles. The van der Waals surface area contributed by atoms with Crippen LogP contribution in [0.25, 0.3) is 11.1 Å². The molecule has 0 radical (unpaired) electrons. The second-order valence-electron chi connectivity index (χ2n) is 27.5. The molecule has 13 rings (SSSR count). The molecule has 36 heteroatoms. The smallest absolute Gasteiger partial charge is 0.248 e. The molecule has 6 aromatic rings. The molecule has 0 spiro atoms. The van der Waals surface area contributed by atoms with Gasteiger partial charge in [-0.05, 0) is 127 Å². The van der Waals surface area contributed by atoms with E-state index in [0.29, 0.717) is 5.56 Å². The number of hydrogen-bond acceptors (Lipinski definition) is 26. The number of rotatable bonds is 15. The SMILES string of the molecule is CN[C@@H](CC(C)C)C(=O)N[C@@H]1C(=O)N[C@H](CC(N)=O)C(=O)N[C@@H]2C(=O)N[C@@H]3C(=O)N[C@@H](C(=O)N[C@@H](C(=O)NCc4cccnc4)c4cc(O)cc(O)c4-c4cc3ccc4O)[C@@H](O)c3ccc(c(Cl)c3)Oc3cc2cc(c3O[C@@H]2O[C@H](CO)[C@@H](O)[C@H](O)[C@H]2O[C@@H]2C[C@@](C)(N)[C@@H](O)[C@@H](C)O2)Oc2ccc(cc2Cl)[C@@H]1O. The van der Waals surface area contributed by atoms with Gasteiger partial charge in [0.2, 0.25) is 59.3 Å². The minimum Gasteiger partial charge on any atom is -0.508 e. The van der Waals surface area contributed by atoms with Gasteiger partial charge in [0.25, 0.3) is 0 Å². The lowest BCUT2D eigenvalue weighted by Gasteiger charge is -2.47. The summed E-state index contributed by atoms with van der Waals surface area (Å²) in [4.78, 5) is 124. The van der Waals surface area contributed by atoms with Gasteiger partial charge in [-0.3, -0.25) is 43.3 Å². The number of aliphatic hydroxyl groups excluding tert-OH is 6. The van der Waals surface area contributed by atoms with Gasteiger partial charge in [-0.2, -0.15) is 0 Å². The fourth-order valence-electron chi connectivity index (χ4n) is 13.3. The minimum atomic E-state index is -2.34. The highest BCUT2D eigenvalue weighted by atomic mass is 35.5. The summed E-state index contributed by atoms with van der Waals surface area (Å²) >= 11 is 14.2. The van der Waals surface area contributed by atoms with E-state index in [4.69, 9.17) is 63.1 Å². The minimum absolute atomic E-state index is 0.0978. The average Bonchev–Trinajstić information content (AvgIpc) is 0.766. The molecule has 11 bridgehead atoms. The number of nitrogens with one attached hydrogen (secondary N) is 8. The zero-order valence-corrected chi connectivity index (χ0v) is 59.9. The number of nitrogens with two attached hydrogens (primary N) is 2. The number of nitrogens with zero attached hydrogens (tertiary/aromatic N) is 1. The van der Waals surface area contributed by atoms with Crippen LogP contribution < -0.4 is 68.2 Å². The first-order valence-electron chi connectivity index (χ1n) is 34.1. The van der Waals surface area contributed by atoms with Crippen molar-refractivity contribution in [1.29, 1.82) is 0 Å². The maximum atomic E-state index is 16.2. The first-order chi connectivity index (χ1) is 51.2. The van der Waals surface area contributed by atoms with Crippen molar-refractivity contribution in [3.8, 4) is 57.1 Å². The van der Waals surface area contributed by atoms with E-state index >= 15 is 19.2 Å². The zero-order chi connectivity index (χ0) is 78.1. The Bertz CT molecular complexity index is 4450. The van der Waals surface area contributed by atoms with E-state index in [1.165, 1.54) is 51.5 Å². The fraction of sp³-hybridized carbons (Fsp3) is 0.403. The van der Waals surface area contributed by atoms with Gasteiger partial charge in [0, 0.05) is 48.1 Å². The van der Waals surface area contributed by atoms with Crippen LogP contribution in [0.2, 0.25) is 10.0 Å². The molecule has 21 N–H and O–H groups in total. The Labute approximate surface area is 625 Å². The molecule has 1 aromatic heterocycles. The highest BCUT2D eigenvalue weighted by Gasteiger charge is 2.52. The highest BCUT2D eigenvalue weighted by molar-refractivity contribution is 6.32. The van der Waals surface area contributed by atoms with Crippen LogP contribution in [0.15, 0.2) is 103 Å². The molecule has 576 valence electrons. The van der Waals surface area contributed by atoms with Crippen LogP contribution in [0.1, 0.15) is 111 Å². The van der Waals surface area contributed by atoms with E-state index in [1.54, 1.807) is 12.1 Å². The number of amides is 8. The lowest BCUT2D eigenvalue weighted by molar-refractivity contribution is -0.333. The quantitative estimate of drug-likeness (QED) is 0.0674. The van der Waals surface area contributed by atoms with E-state index in [-0.39, 0.29) is 64.1 Å². The largest absolute Gasteiger partial charge is 0.508 e. The number of ether oxygens (including phenoxy) is 6. The number of aliphatic hydroxyl groups is 6. The molecule has 8 amide bonds. The van der Waals surface area contributed by atoms with Crippen molar-refractivity contribution < 1.29 is 113 Å². The number of aromatic hydroxyl groups is 3. The third-order valence-electron chi connectivity index (χ3n) is 19.0. The number of phenols is 3. The number of carbonyl (C=O) groups is 8. The van der Waals surface area contributed by atoms with E-state index in [2.05, 4.69) is 47.5 Å². The topological polar surface area (TPSA) is 535 Å². The summed E-state index contributed by atoms with van der Waals surface area (Å²) in [5, 5.41) is 125. The Morgan fingerprint density at radius 3 is 1.98 bits per heavy atom. The van der Waals surface area contributed by atoms with Gasteiger partial charge in [0.05, 0.1) is 41.3 Å². The molecule has 7 aliphatic rings. The zero-order valence-electron chi connectivity index (χ0n) is 58.3. The van der Waals surface area contributed by atoms with E-state index in [0.717, 1.165) is 60.7 Å². The van der Waals surface area contributed by atoms with Crippen molar-refractivity contribution in [3.63, 3.8) is 0 Å². The molecular formula is C72H81Cl2N11O23. The Balaban J connectivity index is 1.15. The first kappa shape index (κ1) is 79.0. The number of primary amides is 1. The van der Waals surface area contributed by atoms with Crippen molar-refractivity contribution in [2.45, 2.75) is 163 Å². The van der Waals surface area contributed by atoms with Crippen molar-refractivity contribution in [2.75, 3.05) is 13.7 Å². The van der Waals surface area contributed by atoms with Gasteiger partial charge in [0.1, 0.15) is 95.5 Å². The molecule has 0 aliphatic carbocycles. The number of pyridine rings is 1. The number of carbonyl (C=O) groups excluding carboxylic acids is 8. The fourth-order valence-corrected chi connectivity index (χ4v) is 13.8. The van der Waals surface area contributed by atoms with E-state index < -0.39 is 226 Å². The molecule has 2 saturated heterocycles. The van der Waals surface area contributed by atoms with Crippen LogP contribution in [0.4, 0.5) is 0 Å². The summed E-state index contributed by atoms with van der Waals surface area (Å²) in [6.45, 7) is 5.47. The van der Waals surface area contributed by atoms with Gasteiger partial charge >= 0.3 is 0 Å². The van der Waals surface area contributed by atoms with Crippen LogP contribution >= 0.6 is 23.2 Å². The number of benzene rings is 5.